The van der Waals surface area contributed by atoms with Crippen LogP contribution in [0.5, 0.6) is 5.75 Å². The summed E-state index contributed by atoms with van der Waals surface area (Å²) in [5.41, 5.74) is 5.55. The molecule has 0 fully saturated rings. The summed E-state index contributed by atoms with van der Waals surface area (Å²) in [4.78, 5) is 0. The molecule has 1 aromatic carbocycles. The summed E-state index contributed by atoms with van der Waals surface area (Å²) in [6.07, 6.45) is 1.08. The Morgan fingerprint density at radius 1 is 1.39 bits per heavy atom. The van der Waals surface area contributed by atoms with Gasteiger partial charge in [0.25, 0.3) is 0 Å². The third kappa shape index (κ3) is 1.47. The average Bonchev–Trinajstić information content (AvgIpc) is 2.75. The highest BCUT2D eigenvalue weighted by atomic mass is 16.5. The van der Waals surface area contributed by atoms with Gasteiger partial charge in [-0.2, -0.15) is 0 Å². The number of ether oxygens (including phenoxy) is 1. The van der Waals surface area contributed by atoms with Crippen LogP contribution in [-0.4, -0.2) is 18.2 Å². The summed E-state index contributed by atoms with van der Waals surface area (Å²) in [7, 11) is 1.76. The SMILES string of the molecule is CCc1c2n(c3c(OC)ccc(C)c13)CCNC2. The summed E-state index contributed by atoms with van der Waals surface area (Å²) in [6, 6.07) is 4.26. The molecule has 0 bridgehead atoms. The number of methoxy groups -OCH3 is 1. The molecule has 1 aliphatic heterocycles. The normalized spacial score (nSPS) is 14.8. The quantitative estimate of drug-likeness (QED) is 0.879. The van der Waals surface area contributed by atoms with Gasteiger partial charge in [-0.1, -0.05) is 13.0 Å². The molecular weight excluding hydrogens is 224 g/mol. The highest BCUT2D eigenvalue weighted by Crippen LogP contribution is 2.36. The van der Waals surface area contributed by atoms with E-state index in [0.29, 0.717) is 0 Å². The minimum atomic E-state index is 0.973. The largest absolute Gasteiger partial charge is 0.495 e. The molecule has 3 nitrogen and oxygen atoms in total. The van der Waals surface area contributed by atoms with Crippen molar-refractivity contribution in [1.82, 2.24) is 9.88 Å². The van der Waals surface area contributed by atoms with Gasteiger partial charge in [0.1, 0.15) is 5.75 Å². The van der Waals surface area contributed by atoms with Crippen molar-refractivity contribution in [2.75, 3.05) is 13.7 Å². The average molecular weight is 244 g/mol. The summed E-state index contributed by atoms with van der Waals surface area (Å²) < 4.78 is 8.01. The van der Waals surface area contributed by atoms with Crippen LogP contribution in [0.2, 0.25) is 0 Å². The second-order valence-electron chi connectivity index (χ2n) is 4.92. The van der Waals surface area contributed by atoms with E-state index >= 15 is 0 Å². The van der Waals surface area contributed by atoms with Gasteiger partial charge in [-0.05, 0) is 30.5 Å². The van der Waals surface area contributed by atoms with E-state index < -0.39 is 0 Å². The standard InChI is InChI=1S/C15H20N2O/c1-4-11-12-9-16-7-8-17(12)15-13(18-3)6-5-10(2)14(11)15/h5-6,16H,4,7-9H2,1-3H3. The minimum absolute atomic E-state index is 0.973. The number of rotatable bonds is 2. The smallest absolute Gasteiger partial charge is 0.143 e. The van der Waals surface area contributed by atoms with Gasteiger partial charge < -0.3 is 14.6 Å². The van der Waals surface area contributed by atoms with E-state index in [4.69, 9.17) is 4.74 Å². The number of hydrogen-bond acceptors (Lipinski definition) is 2. The van der Waals surface area contributed by atoms with Crippen molar-refractivity contribution >= 4 is 10.9 Å². The first kappa shape index (κ1) is 11.6. The molecule has 1 N–H and O–H groups in total. The van der Waals surface area contributed by atoms with Gasteiger partial charge in [-0.25, -0.2) is 0 Å². The molecule has 0 atom stereocenters. The fourth-order valence-electron chi connectivity index (χ4n) is 3.16. The lowest BCUT2D eigenvalue weighted by molar-refractivity contribution is 0.415. The summed E-state index contributed by atoms with van der Waals surface area (Å²) in [6.45, 7) is 7.48. The highest BCUT2D eigenvalue weighted by molar-refractivity contribution is 5.93. The van der Waals surface area contributed by atoms with Crippen LogP contribution in [0.3, 0.4) is 0 Å². The maximum absolute atomic E-state index is 5.57. The number of aryl methyl sites for hydroxylation is 2. The van der Waals surface area contributed by atoms with Gasteiger partial charge in [-0.15, -0.1) is 0 Å². The van der Waals surface area contributed by atoms with E-state index in [0.717, 1.165) is 31.8 Å². The topological polar surface area (TPSA) is 26.2 Å². The minimum Gasteiger partial charge on any atom is -0.495 e. The van der Waals surface area contributed by atoms with E-state index in [2.05, 4.69) is 35.9 Å². The summed E-state index contributed by atoms with van der Waals surface area (Å²) in [5.74, 6) is 0.999. The van der Waals surface area contributed by atoms with Crippen molar-refractivity contribution in [3.05, 3.63) is 29.0 Å². The molecule has 1 aliphatic rings. The Balaban J connectivity index is 2.44. The molecule has 1 aromatic heterocycles. The van der Waals surface area contributed by atoms with E-state index in [9.17, 15) is 0 Å². The van der Waals surface area contributed by atoms with Crippen LogP contribution in [0.15, 0.2) is 12.1 Å². The Morgan fingerprint density at radius 2 is 2.22 bits per heavy atom. The first-order chi connectivity index (χ1) is 8.77. The number of hydrogen-bond donors (Lipinski definition) is 1. The first-order valence-electron chi connectivity index (χ1n) is 6.66. The Bertz CT molecular complexity index is 598. The van der Waals surface area contributed by atoms with E-state index in [1.807, 2.05) is 0 Å². The van der Waals surface area contributed by atoms with Crippen LogP contribution in [0.4, 0.5) is 0 Å². The second kappa shape index (κ2) is 4.32. The van der Waals surface area contributed by atoms with E-state index in [-0.39, 0.29) is 0 Å². The number of nitrogens with zero attached hydrogens (tertiary/aromatic N) is 1. The lowest BCUT2D eigenvalue weighted by Gasteiger charge is -2.19. The molecule has 0 spiro atoms. The Hall–Kier alpha value is -1.48. The van der Waals surface area contributed by atoms with Gasteiger partial charge in [0, 0.05) is 30.7 Å². The van der Waals surface area contributed by atoms with Crippen LogP contribution in [0.25, 0.3) is 10.9 Å². The van der Waals surface area contributed by atoms with Crippen molar-refractivity contribution in [2.45, 2.75) is 33.4 Å². The molecule has 18 heavy (non-hydrogen) atoms. The lowest BCUT2D eigenvalue weighted by atomic mass is 10.0. The molecule has 2 heterocycles. The molecule has 0 unspecified atom stereocenters. The molecule has 2 aromatic rings. The fourth-order valence-corrected chi connectivity index (χ4v) is 3.16. The summed E-state index contributed by atoms with van der Waals surface area (Å²) in [5, 5.41) is 4.87. The van der Waals surface area contributed by atoms with Gasteiger partial charge in [-0.3, -0.25) is 0 Å². The van der Waals surface area contributed by atoms with Crippen molar-refractivity contribution in [1.29, 1.82) is 0 Å². The number of benzene rings is 1. The zero-order chi connectivity index (χ0) is 12.7. The second-order valence-corrected chi connectivity index (χ2v) is 4.92. The van der Waals surface area contributed by atoms with Crippen LogP contribution in [0.1, 0.15) is 23.7 Å². The van der Waals surface area contributed by atoms with Crippen LogP contribution < -0.4 is 10.1 Å². The van der Waals surface area contributed by atoms with E-state index in [1.165, 1.54) is 27.7 Å². The fraction of sp³-hybridized carbons (Fsp3) is 0.467. The first-order valence-corrected chi connectivity index (χ1v) is 6.66. The Labute approximate surface area is 108 Å². The van der Waals surface area contributed by atoms with Gasteiger partial charge in [0.05, 0.1) is 12.6 Å². The van der Waals surface area contributed by atoms with Crippen molar-refractivity contribution in [3.8, 4) is 5.75 Å². The molecule has 0 amide bonds. The predicted octanol–water partition coefficient (Wildman–Crippen LogP) is 2.62. The molecular formula is C15H20N2O. The zero-order valence-electron chi connectivity index (χ0n) is 11.3. The third-order valence-electron chi connectivity index (χ3n) is 3.97. The molecule has 3 heteroatoms. The van der Waals surface area contributed by atoms with Crippen LogP contribution in [-0.2, 0) is 19.5 Å². The maximum atomic E-state index is 5.57. The molecule has 0 aliphatic carbocycles. The van der Waals surface area contributed by atoms with Crippen molar-refractivity contribution in [3.63, 3.8) is 0 Å². The maximum Gasteiger partial charge on any atom is 0.143 e. The number of fused-ring (bicyclic) bond motifs is 3. The molecule has 3 rings (SSSR count). The van der Waals surface area contributed by atoms with Crippen molar-refractivity contribution < 1.29 is 4.74 Å². The van der Waals surface area contributed by atoms with E-state index in [1.54, 1.807) is 7.11 Å². The van der Waals surface area contributed by atoms with Crippen molar-refractivity contribution in [2.24, 2.45) is 0 Å². The Morgan fingerprint density at radius 3 is 2.94 bits per heavy atom. The zero-order valence-corrected chi connectivity index (χ0v) is 11.3. The number of aromatic nitrogens is 1. The van der Waals surface area contributed by atoms with Gasteiger partial charge in [0.15, 0.2) is 0 Å². The number of nitrogens with one attached hydrogen (secondary N) is 1. The highest BCUT2D eigenvalue weighted by Gasteiger charge is 2.21. The van der Waals surface area contributed by atoms with Crippen LogP contribution in [0, 0.1) is 6.92 Å². The van der Waals surface area contributed by atoms with Crippen LogP contribution >= 0.6 is 0 Å². The predicted molar refractivity (Wildman–Crippen MR) is 74.3 cm³/mol. The van der Waals surface area contributed by atoms with Gasteiger partial charge in [0.2, 0.25) is 0 Å². The monoisotopic (exact) mass is 244 g/mol. The summed E-state index contributed by atoms with van der Waals surface area (Å²) >= 11 is 0. The Kier molecular flexibility index (Phi) is 2.78. The molecule has 96 valence electrons. The molecule has 0 saturated carbocycles. The molecule has 0 saturated heterocycles. The van der Waals surface area contributed by atoms with Gasteiger partial charge >= 0.3 is 0 Å². The lowest BCUT2D eigenvalue weighted by Crippen LogP contribution is -2.28. The molecule has 0 radical (unpaired) electrons. The third-order valence-corrected chi connectivity index (χ3v) is 3.97.